The molecule has 70 valence electrons. The van der Waals surface area contributed by atoms with Crippen LogP contribution < -0.4 is 5.73 Å². The second kappa shape index (κ2) is 3.09. The van der Waals surface area contributed by atoms with Crippen molar-refractivity contribution in [2.45, 2.75) is 20.8 Å². The van der Waals surface area contributed by atoms with E-state index >= 15 is 0 Å². The minimum absolute atomic E-state index is 0.208. The molecule has 0 saturated carbocycles. The van der Waals surface area contributed by atoms with Crippen LogP contribution in [0.15, 0.2) is 6.07 Å². The summed E-state index contributed by atoms with van der Waals surface area (Å²) >= 11 is 0. The number of primary amides is 1. The smallest absolute Gasteiger partial charge is 0.249 e. The van der Waals surface area contributed by atoms with Gasteiger partial charge in [0, 0.05) is 5.56 Å². The Balaban J connectivity index is 3.53. The lowest BCUT2D eigenvalue weighted by molar-refractivity contribution is 0.0999. The Kier molecular flexibility index (Phi) is 2.28. The number of phenolic OH excluding ortho intramolecular Hbond substituents is 1. The van der Waals surface area contributed by atoms with Gasteiger partial charge in [0.15, 0.2) is 0 Å². The van der Waals surface area contributed by atoms with Gasteiger partial charge in [-0.25, -0.2) is 0 Å². The lowest BCUT2D eigenvalue weighted by atomic mass is 9.97. The molecule has 3 nitrogen and oxygen atoms in total. The van der Waals surface area contributed by atoms with Crippen molar-refractivity contribution in [3.05, 3.63) is 28.3 Å². The van der Waals surface area contributed by atoms with Crippen molar-refractivity contribution >= 4 is 5.91 Å². The number of benzene rings is 1. The summed E-state index contributed by atoms with van der Waals surface area (Å²) in [7, 11) is 0. The van der Waals surface area contributed by atoms with Crippen molar-refractivity contribution in [1.82, 2.24) is 0 Å². The predicted molar refractivity (Wildman–Crippen MR) is 50.8 cm³/mol. The average molecular weight is 179 g/mol. The summed E-state index contributed by atoms with van der Waals surface area (Å²) in [5, 5.41) is 9.44. The standard InChI is InChI=1S/C10H13NO2/c1-5-4-8(12)6(2)7(3)9(5)10(11)13/h4,12H,1-3H3,(H2,11,13). The second-order valence-electron chi connectivity index (χ2n) is 3.20. The molecule has 0 unspecified atom stereocenters. The molecule has 0 aliphatic rings. The monoisotopic (exact) mass is 179 g/mol. The van der Waals surface area contributed by atoms with Gasteiger partial charge in [-0.3, -0.25) is 4.79 Å². The summed E-state index contributed by atoms with van der Waals surface area (Å²) in [5.74, 6) is -0.238. The first kappa shape index (κ1) is 9.58. The third-order valence-corrected chi connectivity index (χ3v) is 2.32. The van der Waals surface area contributed by atoms with E-state index in [4.69, 9.17) is 5.73 Å². The van der Waals surface area contributed by atoms with Gasteiger partial charge in [-0.2, -0.15) is 0 Å². The molecule has 3 N–H and O–H groups in total. The Bertz CT molecular complexity index is 370. The molecule has 0 atom stereocenters. The van der Waals surface area contributed by atoms with Crippen LogP contribution >= 0.6 is 0 Å². The number of aryl methyl sites for hydroxylation is 1. The van der Waals surface area contributed by atoms with Crippen molar-refractivity contribution in [2.75, 3.05) is 0 Å². The zero-order valence-electron chi connectivity index (χ0n) is 8.01. The van der Waals surface area contributed by atoms with Crippen molar-refractivity contribution in [1.29, 1.82) is 0 Å². The van der Waals surface area contributed by atoms with Gasteiger partial charge in [0.25, 0.3) is 0 Å². The maximum atomic E-state index is 11.0. The molecule has 1 aromatic carbocycles. The van der Waals surface area contributed by atoms with Crippen LogP contribution in [0.5, 0.6) is 5.75 Å². The maximum Gasteiger partial charge on any atom is 0.249 e. The first-order valence-electron chi connectivity index (χ1n) is 4.04. The molecule has 0 aliphatic carbocycles. The van der Waals surface area contributed by atoms with E-state index < -0.39 is 5.91 Å². The van der Waals surface area contributed by atoms with Crippen LogP contribution in [0, 0.1) is 20.8 Å². The highest BCUT2D eigenvalue weighted by molar-refractivity contribution is 5.96. The SMILES string of the molecule is Cc1cc(O)c(C)c(C)c1C(N)=O. The van der Waals surface area contributed by atoms with Crippen molar-refractivity contribution < 1.29 is 9.90 Å². The summed E-state index contributed by atoms with van der Waals surface area (Å²) in [6.07, 6.45) is 0. The topological polar surface area (TPSA) is 63.3 Å². The number of nitrogens with two attached hydrogens (primary N) is 1. The van der Waals surface area contributed by atoms with Crippen LogP contribution in [0.4, 0.5) is 0 Å². The molecular weight excluding hydrogens is 166 g/mol. The molecule has 1 rings (SSSR count). The zero-order valence-corrected chi connectivity index (χ0v) is 8.01. The Labute approximate surface area is 77.2 Å². The van der Waals surface area contributed by atoms with Crippen LogP contribution in [0.1, 0.15) is 27.0 Å². The van der Waals surface area contributed by atoms with E-state index in [0.29, 0.717) is 16.7 Å². The molecule has 0 fully saturated rings. The van der Waals surface area contributed by atoms with Gasteiger partial charge < -0.3 is 10.8 Å². The highest BCUT2D eigenvalue weighted by atomic mass is 16.3. The fraction of sp³-hybridized carbons (Fsp3) is 0.300. The van der Waals surface area contributed by atoms with E-state index in [9.17, 15) is 9.90 Å². The fourth-order valence-electron chi connectivity index (χ4n) is 1.44. The maximum absolute atomic E-state index is 11.0. The van der Waals surface area contributed by atoms with Gasteiger partial charge in [-0.1, -0.05) is 0 Å². The molecular formula is C10H13NO2. The van der Waals surface area contributed by atoms with Crippen LogP contribution in [0.25, 0.3) is 0 Å². The molecule has 0 bridgehead atoms. The molecule has 1 aromatic rings. The number of amides is 1. The molecule has 1 amide bonds. The van der Waals surface area contributed by atoms with Crippen LogP contribution in [0.2, 0.25) is 0 Å². The summed E-state index contributed by atoms with van der Waals surface area (Å²) in [6, 6.07) is 1.56. The normalized spacial score (nSPS) is 10.1. The molecule has 0 heterocycles. The molecule has 0 spiro atoms. The molecule has 0 aliphatic heterocycles. The number of carbonyl (C=O) groups is 1. The first-order chi connectivity index (χ1) is 5.95. The highest BCUT2D eigenvalue weighted by Gasteiger charge is 2.13. The van der Waals surface area contributed by atoms with Crippen molar-refractivity contribution in [3.63, 3.8) is 0 Å². The predicted octanol–water partition coefficient (Wildman–Crippen LogP) is 1.42. The van der Waals surface area contributed by atoms with E-state index in [2.05, 4.69) is 0 Å². The second-order valence-corrected chi connectivity index (χ2v) is 3.20. The minimum Gasteiger partial charge on any atom is -0.508 e. The molecule has 0 radical (unpaired) electrons. The van der Waals surface area contributed by atoms with Crippen LogP contribution in [-0.2, 0) is 0 Å². The quantitative estimate of drug-likeness (QED) is 0.684. The summed E-state index contributed by atoms with van der Waals surface area (Å²) in [6.45, 7) is 5.30. The van der Waals surface area contributed by atoms with E-state index in [1.54, 1.807) is 26.8 Å². The lowest BCUT2D eigenvalue weighted by Crippen LogP contribution is -2.15. The van der Waals surface area contributed by atoms with E-state index in [1.807, 2.05) is 0 Å². The molecule has 0 saturated heterocycles. The lowest BCUT2D eigenvalue weighted by Gasteiger charge is -2.10. The average Bonchev–Trinajstić information content (AvgIpc) is 1.99. The number of rotatable bonds is 1. The Morgan fingerprint density at radius 2 is 1.85 bits per heavy atom. The fourth-order valence-corrected chi connectivity index (χ4v) is 1.44. The zero-order chi connectivity index (χ0) is 10.2. The van der Waals surface area contributed by atoms with Gasteiger partial charge in [-0.15, -0.1) is 0 Å². The van der Waals surface area contributed by atoms with Gasteiger partial charge in [-0.05, 0) is 43.5 Å². The molecule has 3 heteroatoms. The number of aromatic hydroxyl groups is 1. The van der Waals surface area contributed by atoms with Gasteiger partial charge in [0.2, 0.25) is 5.91 Å². The third-order valence-electron chi connectivity index (χ3n) is 2.32. The summed E-state index contributed by atoms with van der Waals surface area (Å²) in [4.78, 5) is 11.0. The minimum atomic E-state index is -0.446. The summed E-state index contributed by atoms with van der Waals surface area (Å²) < 4.78 is 0. The Morgan fingerprint density at radius 3 is 2.31 bits per heavy atom. The largest absolute Gasteiger partial charge is 0.508 e. The van der Waals surface area contributed by atoms with Crippen molar-refractivity contribution in [3.8, 4) is 5.75 Å². The summed E-state index contributed by atoms with van der Waals surface area (Å²) in [5.41, 5.74) is 7.90. The number of hydrogen-bond acceptors (Lipinski definition) is 2. The van der Waals surface area contributed by atoms with Crippen LogP contribution in [0.3, 0.4) is 0 Å². The van der Waals surface area contributed by atoms with Gasteiger partial charge >= 0.3 is 0 Å². The van der Waals surface area contributed by atoms with Crippen LogP contribution in [-0.4, -0.2) is 11.0 Å². The first-order valence-corrected chi connectivity index (χ1v) is 4.04. The van der Waals surface area contributed by atoms with E-state index in [0.717, 1.165) is 5.56 Å². The molecule has 0 aromatic heterocycles. The van der Waals surface area contributed by atoms with Gasteiger partial charge in [0.1, 0.15) is 5.75 Å². The number of hydrogen-bond donors (Lipinski definition) is 2. The number of carbonyl (C=O) groups excluding carboxylic acids is 1. The van der Waals surface area contributed by atoms with Gasteiger partial charge in [0.05, 0.1) is 0 Å². The Morgan fingerprint density at radius 1 is 1.31 bits per heavy atom. The third kappa shape index (κ3) is 1.49. The number of phenols is 1. The van der Waals surface area contributed by atoms with Crippen molar-refractivity contribution in [2.24, 2.45) is 5.73 Å². The van der Waals surface area contributed by atoms with E-state index in [1.165, 1.54) is 0 Å². The Hall–Kier alpha value is -1.51. The van der Waals surface area contributed by atoms with E-state index in [-0.39, 0.29) is 5.75 Å². The molecule has 13 heavy (non-hydrogen) atoms. The highest BCUT2D eigenvalue weighted by Crippen LogP contribution is 2.25.